The summed E-state index contributed by atoms with van der Waals surface area (Å²) in [4.78, 5) is 0.00496. The molecule has 1 rings (SSSR count). The highest BCUT2D eigenvalue weighted by Gasteiger charge is 2.33. The maximum Gasteiger partial charge on any atom is 0.201 e. The van der Waals surface area contributed by atoms with Crippen LogP contribution in [0, 0.1) is 6.92 Å². The molecule has 0 saturated carbocycles. The van der Waals surface area contributed by atoms with E-state index in [9.17, 15) is 16.8 Å². The maximum atomic E-state index is 12.1. The monoisotopic (exact) mass is 336 g/mol. The maximum absolute atomic E-state index is 12.1. The molecule has 0 saturated heterocycles. The Morgan fingerprint density at radius 2 is 1.50 bits per heavy atom. The van der Waals surface area contributed by atoms with Crippen molar-refractivity contribution in [1.29, 1.82) is 0 Å². The van der Waals surface area contributed by atoms with Crippen molar-refractivity contribution in [3.8, 4) is 0 Å². The SMILES string of the molecule is Cc1ccc(S(=O)(=O)C=C(Cl)S(=O)(=O)C(C)(C)C)cc1. The van der Waals surface area contributed by atoms with Gasteiger partial charge < -0.3 is 0 Å². The molecule has 4 nitrogen and oxygen atoms in total. The van der Waals surface area contributed by atoms with E-state index >= 15 is 0 Å². The van der Waals surface area contributed by atoms with Crippen LogP contribution in [-0.2, 0) is 19.7 Å². The van der Waals surface area contributed by atoms with Gasteiger partial charge in [0.1, 0.15) is 4.36 Å². The van der Waals surface area contributed by atoms with Crippen LogP contribution in [0.5, 0.6) is 0 Å². The minimum atomic E-state index is -3.89. The summed E-state index contributed by atoms with van der Waals surface area (Å²) in [7, 11) is -7.77. The van der Waals surface area contributed by atoms with Gasteiger partial charge in [-0.15, -0.1) is 0 Å². The Bertz CT molecular complexity index is 722. The molecule has 20 heavy (non-hydrogen) atoms. The van der Waals surface area contributed by atoms with Crippen molar-refractivity contribution in [3.05, 3.63) is 39.6 Å². The second kappa shape index (κ2) is 5.50. The average Bonchev–Trinajstić information content (AvgIpc) is 2.27. The van der Waals surface area contributed by atoms with Gasteiger partial charge in [-0.1, -0.05) is 29.3 Å². The molecular weight excluding hydrogens is 320 g/mol. The van der Waals surface area contributed by atoms with E-state index in [0.29, 0.717) is 5.41 Å². The predicted molar refractivity (Wildman–Crippen MR) is 81.0 cm³/mol. The van der Waals surface area contributed by atoms with Crippen LogP contribution in [0.15, 0.2) is 38.9 Å². The first-order chi connectivity index (χ1) is 8.88. The molecular formula is C13H17ClO4S2. The molecule has 0 N–H and O–H groups in total. The molecule has 0 bridgehead atoms. The quantitative estimate of drug-likeness (QED) is 0.850. The van der Waals surface area contributed by atoms with Gasteiger partial charge in [0, 0.05) is 0 Å². The standard InChI is InChI=1S/C13H17ClO4S2/c1-10-5-7-11(8-6-10)19(15,16)9-12(14)20(17,18)13(2,3)4/h5-9H,1-4H3. The molecule has 1 aromatic carbocycles. The molecule has 0 radical (unpaired) electrons. The van der Waals surface area contributed by atoms with Gasteiger partial charge >= 0.3 is 0 Å². The van der Waals surface area contributed by atoms with Crippen molar-refractivity contribution in [2.75, 3.05) is 0 Å². The predicted octanol–water partition coefficient (Wildman–Crippen LogP) is 3.02. The number of halogens is 1. The van der Waals surface area contributed by atoms with Gasteiger partial charge in [0.05, 0.1) is 15.1 Å². The van der Waals surface area contributed by atoms with Gasteiger partial charge in [0.15, 0.2) is 9.84 Å². The second-order valence-electron chi connectivity index (χ2n) is 5.40. The first-order valence-corrected chi connectivity index (χ1v) is 9.22. The summed E-state index contributed by atoms with van der Waals surface area (Å²) in [6, 6.07) is 6.09. The minimum absolute atomic E-state index is 0.00496. The average molecular weight is 337 g/mol. The molecule has 0 aromatic heterocycles. The van der Waals surface area contributed by atoms with Crippen molar-refractivity contribution in [3.63, 3.8) is 0 Å². The van der Waals surface area contributed by atoms with Gasteiger partial charge in [0.25, 0.3) is 0 Å². The van der Waals surface area contributed by atoms with Crippen LogP contribution in [0.25, 0.3) is 0 Å². The molecule has 0 atom stereocenters. The molecule has 0 aliphatic carbocycles. The highest BCUT2D eigenvalue weighted by atomic mass is 35.5. The molecule has 0 amide bonds. The van der Waals surface area contributed by atoms with Crippen LogP contribution in [-0.4, -0.2) is 21.6 Å². The van der Waals surface area contributed by atoms with Crippen molar-refractivity contribution in [1.82, 2.24) is 0 Å². The molecule has 0 fully saturated rings. The normalized spacial score (nSPS) is 14.3. The molecule has 0 aliphatic heterocycles. The number of sulfone groups is 2. The van der Waals surface area contributed by atoms with E-state index in [1.54, 1.807) is 12.1 Å². The topological polar surface area (TPSA) is 68.3 Å². The fourth-order valence-electron chi connectivity index (χ4n) is 1.27. The van der Waals surface area contributed by atoms with E-state index in [2.05, 4.69) is 0 Å². The zero-order valence-electron chi connectivity index (χ0n) is 11.7. The Hall–Kier alpha value is -0.850. The van der Waals surface area contributed by atoms with Gasteiger partial charge in [-0.2, -0.15) is 0 Å². The van der Waals surface area contributed by atoms with Crippen LogP contribution in [0.2, 0.25) is 0 Å². The highest BCUT2D eigenvalue weighted by Crippen LogP contribution is 2.28. The lowest BCUT2D eigenvalue weighted by Gasteiger charge is -2.18. The summed E-state index contributed by atoms with van der Waals surface area (Å²) in [5, 5.41) is 0.597. The van der Waals surface area contributed by atoms with Crippen LogP contribution < -0.4 is 0 Å². The molecule has 0 heterocycles. The van der Waals surface area contributed by atoms with Crippen molar-refractivity contribution < 1.29 is 16.8 Å². The van der Waals surface area contributed by atoms with Crippen LogP contribution in [0.3, 0.4) is 0 Å². The van der Waals surface area contributed by atoms with Gasteiger partial charge in [0.2, 0.25) is 9.84 Å². The molecule has 7 heteroatoms. The number of hydrogen-bond donors (Lipinski definition) is 0. The number of rotatable bonds is 3. The lowest BCUT2D eigenvalue weighted by molar-refractivity contribution is 0.568. The van der Waals surface area contributed by atoms with Crippen molar-refractivity contribution >= 4 is 31.3 Å². The Balaban J connectivity index is 3.32. The lowest BCUT2D eigenvalue weighted by Crippen LogP contribution is -2.28. The zero-order chi connectivity index (χ0) is 15.8. The second-order valence-corrected chi connectivity index (χ2v) is 10.5. The van der Waals surface area contributed by atoms with Gasteiger partial charge in [-0.3, -0.25) is 0 Å². The number of benzene rings is 1. The molecule has 0 spiro atoms. The Labute approximate surface area is 125 Å². The van der Waals surface area contributed by atoms with Gasteiger partial charge in [-0.25, -0.2) is 16.8 Å². The van der Waals surface area contributed by atoms with Crippen molar-refractivity contribution in [2.45, 2.75) is 37.3 Å². The van der Waals surface area contributed by atoms with E-state index in [-0.39, 0.29) is 4.90 Å². The summed E-state index contributed by atoms with van der Waals surface area (Å²) < 4.78 is 46.5. The summed E-state index contributed by atoms with van der Waals surface area (Å²) in [5.74, 6) is 0. The van der Waals surface area contributed by atoms with Crippen LogP contribution >= 0.6 is 11.6 Å². The summed E-state index contributed by atoms with van der Waals surface area (Å²) >= 11 is 5.72. The van der Waals surface area contributed by atoms with Crippen molar-refractivity contribution in [2.24, 2.45) is 0 Å². The lowest BCUT2D eigenvalue weighted by atomic mass is 10.2. The largest absolute Gasteiger partial charge is 0.222 e. The summed E-state index contributed by atoms with van der Waals surface area (Å²) in [6.45, 7) is 6.19. The fourth-order valence-corrected chi connectivity index (χ4v) is 4.69. The van der Waals surface area contributed by atoms with E-state index in [1.165, 1.54) is 32.9 Å². The van der Waals surface area contributed by atoms with E-state index in [1.807, 2.05) is 6.92 Å². The molecule has 1 aromatic rings. The number of aryl methyl sites for hydroxylation is 1. The fraction of sp³-hybridized carbons (Fsp3) is 0.385. The molecule has 112 valence electrons. The van der Waals surface area contributed by atoms with E-state index < -0.39 is 28.8 Å². The van der Waals surface area contributed by atoms with E-state index in [4.69, 9.17) is 11.6 Å². The van der Waals surface area contributed by atoms with Gasteiger partial charge in [-0.05, 0) is 39.8 Å². The Morgan fingerprint density at radius 3 is 1.90 bits per heavy atom. The molecule has 0 aliphatic rings. The van der Waals surface area contributed by atoms with Crippen LogP contribution in [0.4, 0.5) is 0 Å². The number of hydrogen-bond acceptors (Lipinski definition) is 4. The minimum Gasteiger partial charge on any atom is -0.222 e. The molecule has 0 unspecified atom stereocenters. The summed E-state index contributed by atoms with van der Waals surface area (Å²) in [6.07, 6.45) is 0. The van der Waals surface area contributed by atoms with Crippen LogP contribution in [0.1, 0.15) is 26.3 Å². The van der Waals surface area contributed by atoms with E-state index in [0.717, 1.165) is 5.56 Å². The smallest absolute Gasteiger partial charge is 0.201 e. The third kappa shape index (κ3) is 3.62. The zero-order valence-corrected chi connectivity index (χ0v) is 14.1. The first-order valence-electron chi connectivity index (χ1n) is 5.81. The Morgan fingerprint density at radius 1 is 1.05 bits per heavy atom. The summed E-state index contributed by atoms with van der Waals surface area (Å²) in [5.41, 5.74) is 0.904. The first kappa shape index (κ1) is 17.2. The highest BCUT2D eigenvalue weighted by molar-refractivity contribution is 8.00. The Kier molecular flexibility index (Phi) is 4.73. The third-order valence-corrected chi connectivity index (χ3v) is 7.38. The third-order valence-electron chi connectivity index (χ3n) is 2.66.